The van der Waals surface area contributed by atoms with Crippen molar-refractivity contribution in [2.45, 2.75) is 13.3 Å². The Kier molecular flexibility index (Phi) is 2.74. The van der Waals surface area contributed by atoms with E-state index in [2.05, 4.69) is 12.2 Å². The largest absolute Gasteiger partial charge is 0.381 e. The van der Waals surface area contributed by atoms with Crippen LogP contribution in [-0.4, -0.2) is 38.9 Å². The van der Waals surface area contributed by atoms with Gasteiger partial charge in [0.1, 0.15) is 0 Å². The third kappa shape index (κ3) is 2.07. The lowest BCUT2D eigenvalue weighted by Crippen LogP contribution is -2.49. The van der Waals surface area contributed by atoms with E-state index in [1.165, 1.54) is 0 Å². The van der Waals surface area contributed by atoms with E-state index >= 15 is 0 Å². The molecule has 0 aromatic heterocycles. The van der Waals surface area contributed by atoms with Crippen LogP contribution in [0.25, 0.3) is 0 Å². The van der Waals surface area contributed by atoms with Crippen LogP contribution >= 0.6 is 0 Å². The van der Waals surface area contributed by atoms with Gasteiger partial charge in [-0.25, -0.2) is 0 Å². The molecule has 0 aliphatic carbocycles. The Labute approximate surface area is 84.0 Å². The van der Waals surface area contributed by atoms with Gasteiger partial charge in [-0.1, -0.05) is 6.92 Å². The Morgan fingerprint density at radius 3 is 2.79 bits per heavy atom. The fourth-order valence-electron chi connectivity index (χ4n) is 1.74. The summed E-state index contributed by atoms with van der Waals surface area (Å²) in [6.45, 7) is 5.67. The number of hydrogen-bond donors (Lipinski definition) is 1. The van der Waals surface area contributed by atoms with Gasteiger partial charge in [0.25, 0.3) is 0 Å². The van der Waals surface area contributed by atoms with Crippen molar-refractivity contribution >= 4 is 5.91 Å². The summed E-state index contributed by atoms with van der Waals surface area (Å²) >= 11 is 0. The Balaban J connectivity index is 1.71. The van der Waals surface area contributed by atoms with Crippen LogP contribution in [0.2, 0.25) is 0 Å². The maximum Gasteiger partial charge on any atom is 0.225 e. The minimum Gasteiger partial charge on any atom is -0.381 e. The van der Waals surface area contributed by atoms with Crippen molar-refractivity contribution in [3.05, 3.63) is 0 Å². The van der Waals surface area contributed by atoms with E-state index in [-0.39, 0.29) is 17.2 Å². The first-order chi connectivity index (χ1) is 6.70. The molecule has 1 unspecified atom stereocenters. The topological polar surface area (TPSA) is 47.6 Å². The molecule has 0 aromatic rings. The van der Waals surface area contributed by atoms with Crippen molar-refractivity contribution in [2.24, 2.45) is 11.3 Å². The van der Waals surface area contributed by atoms with Crippen molar-refractivity contribution in [1.29, 1.82) is 0 Å². The maximum absolute atomic E-state index is 11.6. The lowest BCUT2D eigenvalue weighted by Gasteiger charge is -2.38. The van der Waals surface area contributed by atoms with Gasteiger partial charge in [0, 0.05) is 18.6 Å². The van der Waals surface area contributed by atoms with Gasteiger partial charge in [0.05, 0.1) is 25.7 Å². The first-order valence-electron chi connectivity index (χ1n) is 5.13. The zero-order valence-electron chi connectivity index (χ0n) is 8.54. The van der Waals surface area contributed by atoms with Crippen LogP contribution in [0.5, 0.6) is 0 Å². The SMILES string of the molecule is CC1(CNC(=O)C2CCOC2)COC1. The molecule has 2 fully saturated rings. The van der Waals surface area contributed by atoms with Gasteiger partial charge in [-0.2, -0.15) is 0 Å². The minimum absolute atomic E-state index is 0.0691. The Morgan fingerprint density at radius 1 is 1.50 bits per heavy atom. The van der Waals surface area contributed by atoms with E-state index in [0.717, 1.165) is 32.8 Å². The summed E-state index contributed by atoms with van der Waals surface area (Å²) in [5.74, 6) is 0.204. The van der Waals surface area contributed by atoms with E-state index in [1.54, 1.807) is 0 Å². The molecule has 14 heavy (non-hydrogen) atoms. The van der Waals surface area contributed by atoms with Gasteiger partial charge in [-0.05, 0) is 6.42 Å². The van der Waals surface area contributed by atoms with Crippen LogP contribution in [0.1, 0.15) is 13.3 Å². The van der Waals surface area contributed by atoms with E-state index < -0.39 is 0 Å². The van der Waals surface area contributed by atoms with Crippen molar-refractivity contribution in [2.75, 3.05) is 33.0 Å². The van der Waals surface area contributed by atoms with E-state index in [9.17, 15) is 4.79 Å². The number of ether oxygens (including phenoxy) is 2. The number of rotatable bonds is 3. The quantitative estimate of drug-likeness (QED) is 0.705. The molecule has 4 nitrogen and oxygen atoms in total. The third-order valence-corrected chi connectivity index (χ3v) is 2.89. The van der Waals surface area contributed by atoms with Crippen LogP contribution in [0.3, 0.4) is 0 Å². The minimum atomic E-state index is 0.0691. The first-order valence-corrected chi connectivity index (χ1v) is 5.13. The van der Waals surface area contributed by atoms with Gasteiger partial charge in [-0.15, -0.1) is 0 Å². The van der Waals surface area contributed by atoms with Crippen LogP contribution in [0, 0.1) is 11.3 Å². The number of carbonyl (C=O) groups excluding carboxylic acids is 1. The average Bonchev–Trinajstić information content (AvgIpc) is 2.63. The fraction of sp³-hybridized carbons (Fsp3) is 0.900. The molecule has 2 aliphatic rings. The molecule has 4 heteroatoms. The van der Waals surface area contributed by atoms with Crippen LogP contribution in [0.4, 0.5) is 0 Å². The van der Waals surface area contributed by atoms with Crippen LogP contribution in [0.15, 0.2) is 0 Å². The van der Waals surface area contributed by atoms with Gasteiger partial charge >= 0.3 is 0 Å². The summed E-state index contributed by atoms with van der Waals surface area (Å²) in [4.78, 5) is 11.6. The monoisotopic (exact) mass is 199 g/mol. The summed E-state index contributed by atoms with van der Waals surface area (Å²) in [7, 11) is 0. The molecule has 0 radical (unpaired) electrons. The Hall–Kier alpha value is -0.610. The third-order valence-electron chi connectivity index (χ3n) is 2.89. The van der Waals surface area contributed by atoms with Gasteiger partial charge in [0.2, 0.25) is 5.91 Å². The van der Waals surface area contributed by atoms with Crippen molar-refractivity contribution < 1.29 is 14.3 Å². The highest BCUT2D eigenvalue weighted by molar-refractivity contribution is 5.79. The lowest BCUT2D eigenvalue weighted by molar-refractivity contribution is -0.130. The standard InChI is InChI=1S/C10H17NO3/c1-10(6-14-7-10)5-11-9(12)8-2-3-13-4-8/h8H,2-7H2,1H3,(H,11,12). The smallest absolute Gasteiger partial charge is 0.225 e. The molecule has 2 rings (SSSR count). The molecular weight excluding hydrogens is 182 g/mol. The molecule has 2 saturated heterocycles. The number of hydrogen-bond acceptors (Lipinski definition) is 3. The molecular formula is C10H17NO3. The highest BCUT2D eigenvalue weighted by Gasteiger charge is 2.34. The summed E-state index contributed by atoms with van der Waals surface area (Å²) in [6.07, 6.45) is 0.860. The molecule has 1 N–H and O–H groups in total. The molecule has 0 spiro atoms. The maximum atomic E-state index is 11.6. The number of carbonyl (C=O) groups is 1. The highest BCUT2D eigenvalue weighted by Crippen LogP contribution is 2.25. The lowest BCUT2D eigenvalue weighted by atomic mass is 9.88. The first kappa shape index (κ1) is 9.93. The summed E-state index contributed by atoms with van der Waals surface area (Å²) in [5, 5.41) is 2.97. The number of nitrogens with one attached hydrogen (secondary N) is 1. The molecule has 0 saturated carbocycles. The highest BCUT2D eigenvalue weighted by atomic mass is 16.5. The van der Waals surface area contributed by atoms with Crippen LogP contribution < -0.4 is 5.32 Å². The summed E-state index contributed by atoms with van der Waals surface area (Å²) in [6, 6.07) is 0. The van der Waals surface area contributed by atoms with Gasteiger partial charge in [-0.3, -0.25) is 4.79 Å². The van der Waals surface area contributed by atoms with Crippen molar-refractivity contribution in [3.8, 4) is 0 Å². The molecule has 1 amide bonds. The second-order valence-electron chi connectivity index (χ2n) is 4.58. The molecule has 2 aliphatic heterocycles. The van der Waals surface area contributed by atoms with Gasteiger partial charge in [0.15, 0.2) is 0 Å². The fourth-order valence-corrected chi connectivity index (χ4v) is 1.74. The van der Waals surface area contributed by atoms with Gasteiger partial charge < -0.3 is 14.8 Å². The van der Waals surface area contributed by atoms with E-state index in [0.29, 0.717) is 6.61 Å². The second-order valence-corrected chi connectivity index (χ2v) is 4.58. The van der Waals surface area contributed by atoms with E-state index in [4.69, 9.17) is 9.47 Å². The summed E-state index contributed by atoms with van der Waals surface area (Å²) in [5.41, 5.74) is 0.162. The molecule has 2 heterocycles. The molecule has 80 valence electrons. The predicted molar refractivity (Wildman–Crippen MR) is 50.9 cm³/mol. The normalized spacial score (nSPS) is 29.6. The molecule has 1 atom stereocenters. The number of amides is 1. The molecule has 0 bridgehead atoms. The van der Waals surface area contributed by atoms with E-state index in [1.807, 2.05) is 0 Å². The average molecular weight is 199 g/mol. The zero-order valence-corrected chi connectivity index (χ0v) is 8.54. The second kappa shape index (κ2) is 3.87. The van der Waals surface area contributed by atoms with Crippen molar-refractivity contribution in [3.63, 3.8) is 0 Å². The van der Waals surface area contributed by atoms with Crippen molar-refractivity contribution in [1.82, 2.24) is 5.32 Å². The zero-order chi connectivity index (χ0) is 10.0. The summed E-state index contributed by atoms with van der Waals surface area (Å²) < 4.78 is 10.3. The predicted octanol–water partition coefficient (Wildman–Crippen LogP) is 0.176. The molecule has 0 aromatic carbocycles. The van der Waals surface area contributed by atoms with Crippen LogP contribution in [-0.2, 0) is 14.3 Å². The Bertz CT molecular complexity index is 219. The Morgan fingerprint density at radius 2 is 2.29 bits per heavy atom.